The Balaban J connectivity index is 1.74. The number of fused-ring (bicyclic) bond motifs is 4. The number of carbonyl (C=O) groups is 1. The van der Waals surface area contributed by atoms with E-state index in [9.17, 15) is 4.79 Å². The Hall–Kier alpha value is -4.17. The highest BCUT2D eigenvalue weighted by molar-refractivity contribution is 6.23. The summed E-state index contributed by atoms with van der Waals surface area (Å²) in [5.74, 6) is 0.0550. The third-order valence-corrected chi connectivity index (χ3v) is 6.82. The lowest BCUT2D eigenvalue weighted by molar-refractivity contribution is 0.104. The molecule has 2 nitrogen and oxygen atoms in total. The molecule has 34 heavy (non-hydrogen) atoms. The zero-order valence-corrected chi connectivity index (χ0v) is 19.4. The van der Waals surface area contributed by atoms with Crippen molar-refractivity contribution in [1.82, 2.24) is 4.57 Å². The van der Waals surface area contributed by atoms with Gasteiger partial charge < -0.3 is 4.57 Å². The van der Waals surface area contributed by atoms with Crippen molar-refractivity contribution in [3.8, 4) is 11.1 Å². The summed E-state index contributed by atoms with van der Waals surface area (Å²) in [7, 11) is 0. The lowest BCUT2D eigenvalue weighted by Crippen LogP contribution is -2.05. The van der Waals surface area contributed by atoms with E-state index >= 15 is 0 Å². The zero-order valence-electron chi connectivity index (χ0n) is 19.4. The van der Waals surface area contributed by atoms with E-state index in [1.165, 1.54) is 27.4 Å². The monoisotopic (exact) mass is 439 g/mol. The minimum Gasteiger partial charge on any atom is -0.341 e. The van der Waals surface area contributed by atoms with Crippen LogP contribution in [0.2, 0.25) is 0 Å². The Morgan fingerprint density at radius 3 is 2.15 bits per heavy atom. The van der Waals surface area contributed by atoms with Crippen LogP contribution in [0.3, 0.4) is 0 Å². The second-order valence-corrected chi connectivity index (χ2v) is 8.90. The second kappa shape index (κ2) is 8.00. The van der Waals surface area contributed by atoms with Crippen molar-refractivity contribution in [1.29, 1.82) is 0 Å². The largest absolute Gasteiger partial charge is 0.341 e. The number of hydrogen-bond acceptors (Lipinski definition) is 1. The fourth-order valence-corrected chi connectivity index (χ4v) is 5.21. The molecule has 0 spiro atoms. The van der Waals surface area contributed by atoms with Crippen LogP contribution in [0, 0.1) is 6.92 Å². The first kappa shape index (κ1) is 20.4. The molecule has 0 aliphatic rings. The summed E-state index contributed by atoms with van der Waals surface area (Å²) in [6.07, 6.45) is 0. The van der Waals surface area contributed by atoms with Crippen molar-refractivity contribution >= 4 is 38.4 Å². The molecule has 0 radical (unpaired) electrons. The molecule has 0 saturated heterocycles. The molecule has 0 unspecified atom stereocenters. The number of rotatable bonds is 4. The standard InChI is InChI=1S/C32H25NO/c1-3-33-29-17-14-21(2)18-27(29)28-19-24-15-16-25(22-10-6-4-7-11-22)31(26(24)20-30(28)33)32(34)23-12-8-5-9-13-23/h4-20H,3H2,1-2H3. The summed E-state index contributed by atoms with van der Waals surface area (Å²) in [5.41, 5.74) is 7.15. The van der Waals surface area contributed by atoms with E-state index in [1.54, 1.807) is 0 Å². The summed E-state index contributed by atoms with van der Waals surface area (Å²) in [6.45, 7) is 5.19. The molecule has 0 N–H and O–H groups in total. The Morgan fingerprint density at radius 2 is 1.41 bits per heavy atom. The number of aromatic nitrogens is 1. The van der Waals surface area contributed by atoms with Gasteiger partial charge in [0.05, 0.1) is 0 Å². The Bertz CT molecular complexity index is 1690. The van der Waals surface area contributed by atoms with Gasteiger partial charge >= 0.3 is 0 Å². The highest BCUT2D eigenvalue weighted by Crippen LogP contribution is 2.38. The molecule has 164 valence electrons. The van der Waals surface area contributed by atoms with Crippen LogP contribution in [0.5, 0.6) is 0 Å². The van der Waals surface area contributed by atoms with Gasteiger partial charge in [-0.1, -0.05) is 84.4 Å². The number of carbonyl (C=O) groups excluding carboxylic acids is 1. The van der Waals surface area contributed by atoms with Gasteiger partial charge in [0, 0.05) is 39.5 Å². The first-order chi connectivity index (χ1) is 16.7. The van der Waals surface area contributed by atoms with Gasteiger partial charge in [-0.25, -0.2) is 0 Å². The van der Waals surface area contributed by atoms with Crippen LogP contribution in [-0.2, 0) is 6.54 Å². The minimum atomic E-state index is 0.0550. The molecule has 0 fully saturated rings. The van der Waals surface area contributed by atoms with Gasteiger partial charge in [-0.3, -0.25) is 4.79 Å². The molecule has 6 rings (SSSR count). The molecule has 0 saturated carbocycles. The van der Waals surface area contributed by atoms with E-state index in [2.05, 4.69) is 73.0 Å². The Kier molecular flexibility index (Phi) is 4.81. The van der Waals surface area contributed by atoms with Crippen LogP contribution in [0.4, 0.5) is 0 Å². The van der Waals surface area contributed by atoms with Gasteiger partial charge in [0.2, 0.25) is 0 Å². The van der Waals surface area contributed by atoms with E-state index in [1.807, 2.05) is 48.5 Å². The number of nitrogens with zero attached hydrogens (tertiary/aromatic N) is 1. The van der Waals surface area contributed by atoms with Gasteiger partial charge in [-0.2, -0.15) is 0 Å². The Labute approximate surface area is 199 Å². The van der Waals surface area contributed by atoms with Crippen molar-refractivity contribution in [2.45, 2.75) is 20.4 Å². The first-order valence-electron chi connectivity index (χ1n) is 11.8. The molecule has 0 aliphatic carbocycles. The molecule has 0 aliphatic heterocycles. The number of hydrogen-bond donors (Lipinski definition) is 0. The maximum atomic E-state index is 14.0. The lowest BCUT2D eigenvalue weighted by atomic mass is 9.89. The predicted octanol–water partition coefficient (Wildman–Crippen LogP) is 8.17. The number of ketones is 1. The average Bonchev–Trinajstić information content (AvgIpc) is 3.19. The summed E-state index contributed by atoms with van der Waals surface area (Å²) < 4.78 is 2.36. The van der Waals surface area contributed by atoms with Crippen LogP contribution in [0.25, 0.3) is 43.7 Å². The molecule has 6 aromatic rings. The van der Waals surface area contributed by atoms with Gasteiger partial charge in [-0.05, 0) is 60.0 Å². The molecule has 5 aromatic carbocycles. The molecule has 1 aromatic heterocycles. The quantitative estimate of drug-likeness (QED) is 0.254. The van der Waals surface area contributed by atoms with Crippen LogP contribution in [0.1, 0.15) is 28.4 Å². The van der Waals surface area contributed by atoms with Crippen molar-refractivity contribution < 1.29 is 4.79 Å². The summed E-state index contributed by atoms with van der Waals surface area (Å²) >= 11 is 0. The van der Waals surface area contributed by atoms with E-state index in [4.69, 9.17) is 0 Å². The fourth-order valence-electron chi connectivity index (χ4n) is 5.21. The maximum Gasteiger partial charge on any atom is 0.194 e. The molecular weight excluding hydrogens is 414 g/mol. The van der Waals surface area contributed by atoms with Crippen molar-refractivity contribution in [3.63, 3.8) is 0 Å². The number of aryl methyl sites for hydroxylation is 2. The van der Waals surface area contributed by atoms with Crippen LogP contribution < -0.4 is 0 Å². The molecule has 1 heterocycles. The van der Waals surface area contributed by atoms with Crippen molar-refractivity contribution in [2.24, 2.45) is 0 Å². The SMILES string of the molecule is CCn1c2ccc(C)cc2c2cc3ccc(-c4ccccc4)c(C(=O)c4ccccc4)c3cc21. The summed E-state index contributed by atoms with van der Waals surface area (Å²) in [4.78, 5) is 14.0. The van der Waals surface area contributed by atoms with Crippen LogP contribution >= 0.6 is 0 Å². The maximum absolute atomic E-state index is 14.0. The smallest absolute Gasteiger partial charge is 0.194 e. The van der Waals surface area contributed by atoms with Crippen LogP contribution in [0.15, 0.2) is 103 Å². The third kappa shape index (κ3) is 3.14. The molecule has 2 heteroatoms. The zero-order chi connectivity index (χ0) is 23.2. The minimum absolute atomic E-state index is 0.0550. The van der Waals surface area contributed by atoms with Gasteiger partial charge in [0.15, 0.2) is 5.78 Å². The van der Waals surface area contributed by atoms with Gasteiger partial charge in [0.25, 0.3) is 0 Å². The van der Waals surface area contributed by atoms with Crippen molar-refractivity contribution in [2.75, 3.05) is 0 Å². The third-order valence-electron chi connectivity index (χ3n) is 6.82. The van der Waals surface area contributed by atoms with E-state index < -0.39 is 0 Å². The average molecular weight is 440 g/mol. The van der Waals surface area contributed by atoms with Crippen molar-refractivity contribution in [3.05, 3.63) is 120 Å². The molecular formula is C32H25NO. The van der Waals surface area contributed by atoms with E-state index in [0.29, 0.717) is 5.56 Å². The number of benzene rings is 5. The highest BCUT2D eigenvalue weighted by atomic mass is 16.1. The van der Waals surface area contributed by atoms with Gasteiger partial charge in [0.1, 0.15) is 0 Å². The Morgan fingerprint density at radius 1 is 0.706 bits per heavy atom. The summed E-state index contributed by atoms with van der Waals surface area (Å²) in [5, 5.41) is 4.58. The lowest BCUT2D eigenvalue weighted by Gasteiger charge is -2.14. The fraction of sp³-hybridized carbons (Fsp3) is 0.0938. The van der Waals surface area contributed by atoms with Crippen LogP contribution in [-0.4, -0.2) is 10.4 Å². The molecule has 0 amide bonds. The summed E-state index contributed by atoms with van der Waals surface area (Å²) in [6, 6.07) is 35.2. The second-order valence-electron chi connectivity index (χ2n) is 8.90. The predicted molar refractivity (Wildman–Crippen MR) is 143 cm³/mol. The highest BCUT2D eigenvalue weighted by Gasteiger charge is 2.20. The van der Waals surface area contributed by atoms with E-state index in [0.717, 1.165) is 34.0 Å². The van der Waals surface area contributed by atoms with Gasteiger partial charge in [-0.15, -0.1) is 0 Å². The normalized spacial score (nSPS) is 11.5. The topological polar surface area (TPSA) is 22.0 Å². The first-order valence-corrected chi connectivity index (χ1v) is 11.8. The molecule has 0 bridgehead atoms. The van der Waals surface area contributed by atoms with E-state index in [-0.39, 0.29) is 5.78 Å². The molecule has 0 atom stereocenters.